The number of rotatable bonds is 5. The number of aromatic nitrogens is 4. The highest BCUT2D eigenvalue weighted by molar-refractivity contribution is 6.30. The van der Waals surface area contributed by atoms with Crippen molar-refractivity contribution in [2.24, 2.45) is 7.05 Å². The summed E-state index contributed by atoms with van der Waals surface area (Å²) in [5.74, 6) is 6.07. The number of ketones is 1. The zero-order chi connectivity index (χ0) is 22.8. The number of benzene rings is 1. The number of nitrogens with one attached hydrogen (secondary N) is 1. The molecule has 0 spiro atoms. The van der Waals surface area contributed by atoms with Gasteiger partial charge in [-0.05, 0) is 31.2 Å². The van der Waals surface area contributed by atoms with Crippen molar-refractivity contribution in [1.82, 2.24) is 24.0 Å². The minimum absolute atomic E-state index is 0.255. The lowest BCUT2D eigenvalue weighted by Crippen LogP contribution is -2.44. The van der Waals surface area contributed by atoms with Crippen LogP contribution in [0.2, 0.25) is 5.02 Å². The second kappa shape index (κ2) is 9.02. The van der Waals surface area contributed by atoms with Gasteiger partial charge in [0, 0.05) is 43.8 Å². The number of aryl methyl sites for hydroxylation is 1. The maximum atomic E-state index is 13.4. The van der Waals surface area contributed by atoms with Gasteiger partial charge in [0.15, 0.2) is 16.9 Å². The van der Waals surface area contributed by atoms with Gasteiger partial charge >= 0.3 is 5.69 Å². The fourth-order valence-corrected chi connectivity index (χ4v) is 3.91. The largest absolute Gasteiger partial charge is 0.340 e. The molecule has 1 N–H and O–H groups in total. The van der Waals surface area contributed by atoms with Crippen LogP contribution in [-0.4, -0.2) is 50.6 Å². The van der Waals surface area contributed by atoms with Crippen LogP contribution < -0.4 is 21.5 Å². The SMILES string of the molecule is CC#CCn1c(N2CCNCC2)nc2c1c(=O)n(CC(=O)c1ccc(Cl)cc1)c(=O)n2C. The number of anilines is 1. The van der Waals surface area contributed by atoms with Gasteiger partial charge in [0.2, 0.25) is 5.95 Å². The van der Waals surface area contributed by atoms with Crippen molar-refractivity contribution >= 4 is 34.5 Å². The smallest absolute Gasteiger partial charge is 0.332 e. The fraction of sp³-hybridized carbons (Fsp3) is 0.364. The van der Waals surface area contributed by atoms with Crippen LogP contribution in [0.1, 0.15) is 17.3 Å². The molecular weight excluding hydrogens is 432 g/mol. The molecule has 3 heterocycles. The van der Waals surface area contributed by atoms with E-state index < -0.39 is 11.2 Å². The minimum Gasteiger partial charge on any atom is -0.340 e. The fourth-order valence-electron chi connectivity index (χ4n) is 3.78. The van der Waals surface area contributed by atoms with E-state index in [1.807, 2.05) is 0 Å². The first-order chi connectivity index (χ1) is 15.4. The van der Waals surface area contributed by atoms with Gasteiger partial charge < -0.3 is 10.2 Å². The molecule has 1 aliphatic heterocycles. The third-order valence-electron chi connectivity index (χ3n) is 5.49. The maximum absolute atomic E-state index is 13.4. The van der Waals surface area contributed by atoms with Gasteiger partial charge in [-0.25, -0.2) is 4.79 Å². The Labute approximate surface area is 189 Å². The van der Waals surface area contributed by atoms with Crippen LogP contribution in [0.4, 0.5) is 5.95 Å². The number of hydrogen-bond acceptors (Lipinski definition) is 6. The van der Waals surface area contributed by atoms with E-state index in [0.29, 0.717) is 16.5 Å². The van der Waals surface area contributed by atoms with Gasteiger partial charge in [0.25, 0.3) is 5.56 Å². The molecule has 10 heteroatoms. The van der Waals surface area contributed by atoms with E-state index in [-0.39, 0.29) is 30.0 Å². The lowest BCUT2D eigenvalue weighted by Gasteiger charge is -2.28. The highest BCUT2D eigenvalue weighted by atomic mass is 35.5. The van der Waals surface area contributed by atoms with Crippen LogP contribution in [0, 0.1) is 11.8 Å². The van der Waals surface area contributed by atoms with Gasteiger partial charge in [0.05, 0.1) is 13.1 Å². The zero-order valence-corrected chi connectivity index (χ0v) is 18.6. The van der Waals surface area contributed by atoms with Crippen LogP contribution in [-0.2, 0) is 20.1 Å². The monoisotopic (exact) mass is 454 g/mol. The summed E-state index contributed by atoms with van der Waals surface area (Å²) in [5, 5.41) is 3.79. The first-order valence-electron chi connectivity index (χ1n) is 10.3. The molecule has 1 aliphatic rings. The van der Waals surface area contributed by atoms with Crippen molar-refractivity contribution < 1.29 is 4.79 Å². The predicted octanol–water partition coefficient (Wildman–Crippen LogP) is 0.866. The molecule has 32 heavy (non-hydrogen) atoms. The molecule has 9 nitrogen and oxygen atoms in total. The second-order valence-corrected chi connectivity index (χ2v) is 7.93. The van der Waals surface area contributed by atoms with E-state index in [4.69, 9.17) is 11.6 Å². The lowest BCUT2D eigenvalue weighted by molar-refractivity contribution is 0.0969. The Kier molecular flexibility index (Phi) is 6.17. The van der Waals surface area contributed by atoms with Gasteiger partial charge in [-0.3, -0.25) is 23.3 Å². The molecule has 3 aromatic rings. The molecular formula is C22H23ClN6O3. The van der Waals surface area contributed by atoms with Crippen LogP contribution in [0.3, 0.4) is 0 Å². The van der Waals surface area contributed by atoms with Gasteiger partial charge in [-0.2, -0.15) is 4.98 Å². The number of carbonyl (C=O) groups is 1. The Hall–Kier alpha value is -3.35. The van der Waals surface area contributed by atoms with Crippen LogP contribution in [0.25, 0.3) is 11.2 Å². The first kappa shape index (κ1) is 21.9. The van der Waals surface area contributed by atoms with E-state index in [1.54, 1.807) is 42.8 Å². The molecule has 166 valence electrons. The minimum atomic E-state index is -0.595. The van der Waals surface area contributed by atoms with E-state index in [2.05, 4.69) is 27.0 Å². The molecule has 1 saturated heterocycles. The summed E-state index contributed by atoms with van der Waals surface area (Å²) in [6, 6.07) is 6.33. The number of piperazine rings is 1. The van der Waals surface area contributed by atoms with Crippen LogP contribution in [0.15, 0.2) is 33.9 Å². The van der Waals surface area contributed by atoms with Crippen molar-refractivity contribution in [1.29, 1.82) is 0 Å². The van der Waals surface area contributed by atoms with E-state index in [0.717, 1.165) is 30.7 Å². The van der Waals surface area contributed by atoms with Crippen LogP contribution >= 0.6 is 11.6 Å². The molecule has 0 bridgehead atoms. The molecule has 0 unspecified atom stereocenters. The van der Waals surface area contributed by atoms with Crippen molar-refractivity contribution in [3.63, 3.8) is 0 Å². The van der Waals surface area contributed by atoms with E-state index >= 15 is 0 Å². The normalized spacial score (nSPS) is 13.8. The van der Waals surface area contributed by atoms with E-state index in [9.17, 15) is 14.4 Å². The number of fused-ring (bicyclic) bond motifs is 1. The third kappa shape index (κ3) is 3.95. The van der Waals surface area contributed by atoms with E-state index in [1.165, 1.54) is 4.57 Å². The van der Waals surface area contributed by atoms with Gasteiger partial charge in [-0.1, -0.05) is 17.5 Å². The Balaban J connectivity index is 1.86. The van der Waals surface area contributed by atoms with Crippen molar-refractivity contribution in [3.8, 4) is 11.8 Å². The number of imidazole rings is 1. The summed E-state index contributed by atoms with van der Waals surface area (Å²) in [7, 11) is 1.55. The molecule has 0 radical (unpaired) electrons. The van der Waals surface area contributed by atoms with Crippen molar-refractivity contribution in [3.05, 3.63) is 55.7 Å². The quantitative estimate of drug-likeness (QED) is 0.454. The van der Waals surface area contributed by atoms with Crippen molar-refractivity contribution in [2.75, 3.05) is 31.1 Å². The topological polar surface area (TPSA) is 94.2 Å². The number of carbonyl (C=O) groups excluding carboxylic acids is 1. The number of nitrogens with zero attached hydrogens (tertiary/aromatic N) is 5. The van der Waals surface area contributed by atoms with Crippen LogP contribution in [0.5, 0.6) is 0 Å². The summed E-state index contributed by atoms with van der Waals surface area (Å²) in [5.41, 5.74) is -0.246. The second-order valence-electron chi connectivity index (χ2n) is 7.50. The molecule has 0 amide bonds. The number of hydrogen-bond donors (Lipinski definition) is 1. The summed E-state index contributed by atoms with van der Waals surface area (Å²) in [4.78, 5) is 45.9. The Bertz CT molecular complexity index is 1350. The van der Waals surface area contributed by atoms with Crippen molar-refractivity contribution in [2.45, 2.75) is 20.0 Å². The number of Topliss-reactive ketones (excluding diaryl/α,β-unsaturated/α-hetero) is 1. The maximum Gasteiger partial charge on any atom is 0.332 e. The Morgan fingerprint density at radius 2 is 1.84 bits per heavy atom. The highest BCUT2D eigenvalue weighted by Crippen LogP contribution is 2.20. The molecule has 4 rings (SSSR count). The van der Waals surface area contributed by atoms with Gasteiger partial charge in [0.1, 0.15) is 0 Å². The molecule has 0 atom stereocenters. The summed E-state index contributed by atoms with van der Waals surface area (Å²) in [6.07, 6.45) is 0. The lowest BCUT2D eigenvalue weighted by atomic mass is 10.1. The standard InChI is InChI=1S/C22H23ClN6O3/c1-3-4-11-28-18-19(25-21(28)27-12-9-24-10-13-27)26(2)22(32)29(20(18)31)14-17(30)15-5-7-16(23)8-6-15/h5-8,24H,9-14H2,1-2H3. The number of halogens is 1. The molecule has 1 fully saturated rings. The summed E-state index contributed by atoms with van der Waals surface area (Å²) in [6.45, 7) is 4.63. The van der Waals surface area contributed by atoms with Gasteiger partial charge in [-0.15, -0.1) is 5.92 Å². The first-order valence-corrected chi connectivity index (χ1v) is 10.6. The zero-order valence-electron chi connectivity index (χ0n) is 17.9. The Morgan fingerprint density at radius 1 is 1.16 bits per heavy atom. The average Bonchev–Trinajstić information content (AvgIpc) is 3.19. The molecule has 0 saturated carbocycles. The summed E-state index contributed by atoms with van der Waals surface area (Å²) < 4.78 is 4.01. The molecule has 2 aromatic heterocycles. The summed E-state index contributed by atoms with van der Waals surface area (Å²) >= 11 is 5.89. The molecule has 0 aliphatic carbocycles. The highest BCUT2D eigenvalue weighted by Gasteiger charge is 2.24. The molecule has 1 aromatic carbocycles. The third-order valence-corrected chi connectivity index (χ3v) is 5.75. The average molecular weight is 455 g/mol. The predicted molar refractivity (Wildman–Crippen MR) is 124 cm³/mol. The Morgan fingerprint density at radius 3 is 2.50 bits per heavy atom.